The van der Waals surface area contributed by atoms with Crippen LogP contribution in [0.4, 0.5) is 0 Å². The zero-order valence-corrected chi connectivity index (χ0v) is 18.0. The molecule has 2 rings (SSSR count). The summed E-state index contributed by atoms with van der Waals surface area (Å²) in [5, 5.41) is 0. The van der Waals surface area contributed by atoms with Crippen LogP contribution in [0.2, 0.25) is 0 Å². The average molecular weight is 452 g/mol. The zero-order chi connectivity index (χ0) is 23.8. The van der Waals surface area contributed by atoms with Gasteiger partial charge in [0.05, 0.1) is 0 Å². The molecule has 1 aliphatic heterocycles. The second kappa shape index (κ2) is 11.2. The molecular formula is C21H24O11. The zero-order valence-electron chi connectivity index (χ0n) is 18.0. The highest BCUT2D eigenvalue weighted by Crippen LogP contribution is 2.31. The molecule has 1 fully saturated rings. The monoisotopic (exact) mass is 452 g/mol. The molecule has 1 saturated heterocycles. The third-order valence-electron chi connectivity index (χ3n) is 4.22. The fraction of sp³-hybridized carbons (Fsp3) is 0.476. The summed E-state index contributed by atoms with van der Waals surface area (Å²) in [6.45, 7) is 4.21. The quantitative estimate of drug-likeness (QED) is 0.316. The van der Waals surface area contributed by atoms with Gasteiger partial charge < -0.3 is 28.4 Å². The molecule has 0 radical (unpaired) electrons. The summed E-state index contributed by atoms with van der Waals surface area (Å²) >= 11 is 0. The lowest BCUT2D eigenvalue weighted by molar-refractivity contribution is -0.288. The van der Waals surface area contributed by atoms with E-state index in [1.165, 1.54) is 31.2 Å². The molecule has 1 heterocycles. The fourth-order valence-corrected chi connectivity index (χ4v) is 3.04. The largest absolute Gasteiger partial charge is 0.463 e. The number of hydrogen-bond acceptors (Lipinski definition) is 11. The molecule has 0 bridgehead atoms. The van der Waals surface area contributed by atoms with Crippen LogP contribution in [0.15, 0.2) is 24.3 Å². The summed E-state index contributed by atoms with van der Waals surface area (Å²) in [7, 11) is 0. The van der Waals surface area contributed by atoms with Gasteiger partial charge in [0.25, 0.3) is 0 Å². The third-order valence-corrected chi connectivity index (χ3v) is 4.22. The van der Waals surface area contributed by atoms with Crippen LogP contribution in [0.25, 0.3) is 0 Å². The van der Waals surface area contributed by atoms with E-state index in [-0.39, 0.29) is 12.4 Å². The first-order valence-corrected chi connectivity index (χ1v) is 9.63. The van der Waals surface area contributed by atoms with Crippen molar-refractivity contribution in [1.29, 1.82) is 0 Å². The Hall–Kier alpha value is -3.47. The maximum absolute atomic E-state index is 11.8. The van der Waals surface area contributed by atoms with Gasteiger partial charge in [0.15, 0.2) is 12.2 Å². The molecule has 1 aliphatic rings. The third kappa shape index (κ3) is 7.05. The Bertz CT molecular complexity index is 848. The van der Waals surface area contributed by atoms with Crippen LogP contribution in [0.1, 0.15) is 38.1 Å². The van der Waals surface area contributed by atoms with Crippen molar-refractivity contribution in [1.82, 2.24) is 0 Å². The van der Waals surface area contributed by atoms with Crippen LogP contribution in [-0.2, 0) is 42.9 Å². The molecule has 0 unspecified atom stereocenters. The van der Waals surface area contributed by atoms with Crippen molar-refractivity contribution in [2.45, 2.75) is 58.4 Å². The molecule has 32 heavy (non-hydrogen) atoms. The lowest BCUT2D eigenvalue weighted by atomic mass is 9.98. The molecule has 11 heteroatoms. The molecule has 0 amide bonds. The highest BCUT2D eigenvalue weighted by molar-refractivity contribution is 5.74. The smallest absolute Gasteiger partial charge is 0.303 e. The van der Waals surface area contributed by atoms with Crippen molar-refractivity contribution >= 4 is 30.2 Å². The van der Waals surface area contributed by atoms with Gasteiger partial charge in [-0.25, -0.2) is 0 Å². The van der Waals surface area contributed by atoms with Gasteiger partial charge in [0.2, 0.25) is 12.4 Å². The molecule has 11 nitrogen and oxygen atoms in total. The van der Waals surface area contributed by atoms with Gasteiger partial charge in [0.1, 0.15) is 24.7 Å². The van der Waals surface area contributed by atoms with Crippen LogP contribution >= 0.6 is 0 Å². The average Bonchev–Trinajstić information content (AvgIpc) is 2.70. The molecule has 0 N–H and O–H groups in total. The van der Waals surface area contributed by atoms with E-state index in [1.807, 2.05) is 0 Å². The SMILES string of the molecule is CC(=O)OC[C@H]1O[C@@H](Oc2ccc(C=O)cc2)[C@@H](OC(C)=O)[C@@H](OC(C)=O)[C@@H]1OC(C)=O. The van der Waals surface area contributed by atoms with Crippen molar-refractivity contribution in [2.24, 2.45) is 0 Å². The number of esters is 4. The maximum atomic E-state index is 11.8. The molecule has 0 spiro atoms. The Morgan fingerprint density at radius 3 is 1.84 bits per heavy atom. The molecule has 1 aromatic carbocycles. The number of carbonyl (C=O) groups is 5. The summed E-state index contributed by atoms with van der Waals surface area (Å²) < 4.78 is 32.5. The topological polar surface area (TPSA) is 141 Å². The van der Waals surface area contributed by atoms with Gasteiger partial charge in [-0.3, -0.25) is 24.0 Å². The molecule has 0 saturated carbocycles. The summed E-state index contributed by atoms with van der Waals surface area (Å²) in [6, 6.07) is 5.96. The summed E-state index contributed by atoms with van der Waals surface area (Å²) in [5.74, 6) is -2.58. The van der Waals surface area contributed by atoms with Crippen LogP contribution in [0, 0.1) is 0 Å². The lowest BCUT2D eigenvalue weighted by Gasteiger charge is -2.43. The van der Waals surface area contributed by atoms with E-state index in [9.17, 15) is 24.0 Å². The molecule has 174 valence electrons. The number of ether oxygens (including phenoxy) is 6. The van der Waals surface area contributed by atoms with Crippen molar-refractivity contribution in [3.63, 3.8) is 0 Å². The number of hydrogen-bond donors (Lipinski definition) is 0. The standard InChI is InChI=1S/C21H24O11/c1-11(23)27-10-17-18(28-12(2)24)19(29-13(3)25)20(30-14(4)26)21(32-17)31-16-7-5-15(9-22)6-8-16/h5-9,17-21H,10H2,1-4H3/t17-,18-,19+,20+,21-/m1/s1. The summed E-state index contributed by atoms with van der Waals surface area (Å²) in [4.78, 5) is 57.4. The van der Waals surface area contributed by atoms with Crippen molar-refractivity contribution < 1.29 is 52.4 Å². The summed E-state index contributed by atoms with van der Waals surface area (Å²) in [6.07, 6.45) is -5.72. The predicted octanol–water partition coefficient (Wildman–Crippen LogP) is 0.961. The van der Waals surface area contributed by atoms with Gasteiger partial charge >= 0.3 is 23.9 Å². The first kappa shape index (κ1) is 24.8. The van der Waals surface area contributed by atoms with E-state index in [0.717, 1.165) is 20.8 Å². The number of aldehydes is 1. The Kier molecular flexibility index (Phi) is 8.71. The van der Waals surface area contributed by atoms with E-state index >= 15 is 0 Å². The van der Waals surface area contributed by atoms with Gasteiger partial charge in [-0.15, -0.1) is 0 Å². The van der Waals surface area contributed by atoms with Crippen molar-refractivity contribution in [2.75, 3.05) is 6.61 Å². The van der Waals surface area contributed by atoms with Gasteiger partial charge in [-0.05, 0) is 24.3 Å². The van der Waals surface area contributed by atoms with E-state index in [2.05, 4.69) is 0 Å². The van der Waals surface area contributed by atoms with E-state index < -0.39 is 54.6 Å². The number of carbonyl (C=O) groups excluding carboxylic acids is 5. The highest BCUT2D eigenvalue weighted by atomic mass is 16.7. The predicted molar refractivity (Wildman–Crippen MR) is 104 cm³/mol. The van der Waals surface area contributed by atoms with Crippen LogP contribution < -0.4 is 4.74 Å². The number of benzene rings is 1. The second-order valence-electron chi connectivity index (χ2n) is 6.87. The molecule has 1 aromatic rings. The Morgan fingerprint density at radius 2 is 1.34 bits per heavy atom. The highest BCUT2D eigenvalue weighted by Gasteiger charge is 2.53. The number of rotatable bonds is 8. The van der Waals surface area contributed by atoms with Crippen molar-refractivity contribution in [3.8, 4) is 5.75 Å². The minimum Gasteiger partial charge on any atom is -0.463 e. The van der Waals surface area contributed by atoms with Crippen LogP contribution in [-0.4, -0.2) is 67.5 Å². The lowest BCUT2D eigenvalue weighted by Crippen LogP contribution is -2.63. The molecule has 0 aromatic heterocycles. The van der Waals surface area contributed by atoms with Gasteiger partial charge in [-0.2, -0.15) is 0 Å². The molecular weight excluding hydrogens is 428 g/mol. The van der Waals surface area contributed by atoms with E-state index in [4.69, 9.17) is 28.4 Å². The normalized spacial score (nSPS) is 24.6. The van der Waals surface area contributed by atoms with Gasteiger partial charge in [0, 0.05) is 33.3 Å². The first-order valence-electron chi connectivity index (χ1n) is 9.63. The maximum Gasteiger partial charge on any atom is 0.303 e. The Balaban J connectivity index is 2.43. The van der Waals surface area contributed by atoms with Gasteiger partial charge in [-0.1, -0.05) is 0 Å². The second-order valence-corrected chi connectivity index (χ2v) is 6.87. The van der Waals surface area contributed by atoms with Crippen LogP contribution in [0.5, 0.6) is 5.75 Å². The Morgan fingerprint density at radius 1 is 0.812 bits per heavy atom. The Labute approximate surface area is 183 Å². The summed E-state index contributed by atoms with van der Waals surface area (Å²) in [5.41, 5.74) is 0.402. The minimum absolute atomic E-state index is 0.247. The molecule has 0 aliphatic carbocycles. The fourth-order valence-electron chi connectivity index (χ4n) is 3.04. The van der Waals surface area contributed by atoms with E-state index in [1.54, 1.807) is 0 Å². The van der Waals surface area contributed by atoms with Crippen LogP contribution in [0.3, 0.4) is 0 Å². The van der Waals surface area contributed by atoms with E-state index in [0.29, 0.717) is 11.8 Å². The first-order chi connectivity index (χ1) is 15.1. The van der Waals surface area contributed by atoms with Crippen molar-refractivity contribution in [3.05, 3.63) is 29.8 Å². The minimum atomic E-state index is -1.34. The molecule has 5 atom stereocenters.